The molecule has 0 bridgehead atoms. The number of halogens is 5. The Morgan fingerprint density at radius 1 is 1.17 bits per heavy atom. The van der Waals surface area contributed by atoms with Crippen molar-refractivity contribution in [1.82, 2.24) is 0 Å². The molecule has 1 aromatic rings. The van der Waals surface area contributed by atoms with Crippen LogP contribution in [0.25, 0.3) is 0 Å². The van der Waals surface area contributed by atoms with Crippen LogP contribution in [0.15, 0.2) is 30.3 Å². The van der Waals surface area contributed by atoms with Crippen molar-refractivity contribution in [3.63, 3.8) is 0 Å². The predicted octanol–water partition coefficient (Wildman–Crippen LogP) is 1.99. The second kappa shape index (κ2) is 6.69. The molecule has 2 unspecified atom stereocenters. The van der Waals surface area contributed by atoms with Crippen LogP contribution in [0.1, 0.15) is 12.5 Å². The first-order valence-corrected chi connectivity index (χ1v) is 6.18. The van der Waals surface area contributed by atoms with E-state index in [9.17, 15) is 36.6 Å². The summed E-state index contributed by atoms with van der Waals surface area (Å²) < 4.78 is 68.0. The van der Waals surface area contributed by atoms with E-state index in [-0.39, 0.29) is 6.92 Å². The largest absolute Gasteiger partial charge is 0.478 e. The highest BCUT2D eigenvalue weighted by Crippen LogP contribution is 2.40. The van der Waals surface area contributed by atoms with Gasteiger partial charge in [0.2, 0.25) is 0 Å². The van der Waals surface area contributed by atoms with Crippen LogP contribution < -0.4 is 5.90 Å². The third-order valence-electron chi connectivity index (χ3n) is 3.23. The molecule has 1 aromatic carbocycles. The van der Waals surface area contributed by atoms with Gasteiger partial charge in [-0.25, -0.2) is 24.3 Å². The predicted molar refractivity (Wildman–Crippen MR) is 67.6 cm³/mol. The maximum Gasteiger partial charge on any atom is 0.433 e. The highest BCUT2D eigenvalue weighted by atomic mass is 19.4. The number of carboxylic acids is 1. The van der Waals surface area contributed by atoms with Gasteiger partial charge in [-0.05, 0) is 6.92 Å². The number of aliphatic carboxylic acids is 1. The third kappa shape index (κ3) is 3.17. The zero-order valence-corrected chi connectivity index (χ0v) is 12.0. The first-order chi connectivity index (χ1) is 10.9. The fraction of sp³-hybridized carbons (Fsp3) is 0.385. The number of carbonyl (C=O) groups is 2. The molecule has 0 fully saturated rings. The van der Waals surface area contributed by atoms with Gasteiger partial charge in [0.1, 0.15) is 0 Å². The van der Waals surface area contributed by atoms with Crippen molar-refractivity contribution in [2.45, 2.75) is 30.7 Å². The summed E-state index contributed by atoms with van der Waals surface area (Å²) in [5, 5.41) is 9.21. The lowest BCUT2D eigenvalue weighted by atomic mass is 9.93. The lowest BCUT2D eigenvalue weighted by Crippen LogP contribution is -2.57. The molecule has 1 rings (SSSR count). The fourth-order valence-corrected chi connectivity index (χ4v) is 1.66. The van der Waals surface area contributed by atoms with Gasteiger partial charge in [0.05, 0.1) is 0 Å². The minimum atomic E-state index is -5.67. The molecule has 0 saturated carbocycles. The van der Waals surface area contributed by atoms with Crippen molar-refractivity contribution in [3.8, 4) is 0 Å². The van der Waals surface area contributed by atoms with Gasteiger partial charge in [0.15, 0.2) is 0 Å². The van der Waals surface area contributed by atoms with Crippen molar-refractivity contribution < 1.29 is 46.2 Å². The Bertz CT molecular complexity index is 609. The number of carbonyl (C=O) groups excluding carboxylic acids is 1. The van der Waals surface area contributed by atoms with E-state index in [4.69, 9.17) is 5.90 Å². The molecule has 0 amide bonds. The van der Waals surface area contributed by atoms with Gasteiger partial charge in [-0.1, -0.05) is 30.3 Å². The second-order valence-electron chi connectivity index (χ2n) is 4.77. The quantitative estimate of drug-likeness (QED) is 0.350. The van der Waals surface area contributed by atoms with Crippen LogP contribution in [0, 0.1) is 0 Å². The van der Waals surface area contributed by atoms with Gasteiger partial charge in [0.25, 0.3) is 12.0 Å². The van der Waals surface area contributed by atoms with Crippen molar-refractivity contribution in [3.05, 3.63) is 35.9 Å². The Kier molecular flexibility index (Phi) is 5.51. The molecule has 0 spiro atoms. The lowest BCUT2D eigenvalue weighted by Gasteiger charge is -2.34. The minimum absolute atomic E-state index is 0.0936. The van der Waals surface area contributed by atoms with Gasteiger partial charge in [-0.15, -0.1) is 0 Å². The standard InChI is InChI=1S/C13H12F5NO5/c1-11(8(14)15,13(16,17)18)23-10(22)12(24-19,9(20)21)7-5-3-2-4-6-7/h2-6,8H,19H2,1H3,(H,20,21). The van der Waals surface area contributed by atoms with E-state index in [2.05, 4.69) is 9.57 Å². The van der Waals surface area contributed by atoms with Crippen LogP contribution >= 0.6 is 0 Å². The molecular formula is C13H12F5NO5. The van der Waals surface area contributed by atoms with Gasteiger partial charge >= 0.3 is 23.7 Å². The van der Waals surface area contributed by atoms with E-state index >= 15 is 0 Å². The van der Waals surface area contributed by atoms with Crippen LogP contribution in [-0.4, -0.2) is 35.2 Å². The zero-order valence-electron chi connectivity index (χ0n) is 12.0. The van der Waals surface area contributed by atoms with E-state index in [0.29, 0.717) is 0 Å². The molecule has 2 atom stereocenters. The van der Waals surface area contributed by atoms with Gasteiger partial charge in [0, 0.05) is 5.56 Å². The molecule has 0 radical (unpaired) electrons. The van der Waals surface area contributed by atoms with Gasteiger partial charge < -0.3 is 9.84 Å². The fourth-order valence-electron chi connectivity index (χ4n) is 1.66. The van der Waals surface area contributed by atoms with E-state index < -0.39 is 41.3 Å². The Hall–Kier alpha value is -2.27. The summed E-state index contributed by atoms with van der Waals surface area (Å²) in [6.45, 7) is -0.0936. The Balaban J connectivity index is 3.41. The summed E-state index contributed by atoms with van der Waals surface area (Å²) >= 11 is 0. The van der Waals surface area contributed by atoms with Crippen LogP contribution in [0.4, 0.5) is 22.0 Å². The number of benzene rings is 1. The Morgan fingerprint density at radius 2 is 1.67 bits per heavy atom. The highest BCUT2D eigenvalue weighted by molar-refractivity contribution is 6.03. The van der Waals surface area contributed by atoms with Crippen LogP contribution in [0.2, 0.25) is 0 Å². The summed E-state index contributed by atoms with van der Waals surface area (Å²) in [7, 11) is 0. The van der Waals surface area contributed by atoms with Crippen molar-refractivity contribution in [1.29, 1.82) is 0 Å². The van der Waals surface area contributed by atoms with Crippen molar-refractivity contribution in [2.24, 2.45) is 5.90 Å². The normalized spacial score (nSPS) is 17.0. The summed E-state index contributed by atoms with van der Waals surface area (Å²) in [6.07, 6.45) is -9.85. The summed E-state index contributed by atoms with van der Waals surface area (Å²) in [6, 6.07) is 5.85. The number of alkyl halides is 5. The Labute approximate surface area is 131 Å². The highest BCUT2D eigenvalue weighted by Gasteiger charge is 2.64. The van der Waals surface area contributed by atoms with Crippen LogP contribution in [0.5, 0.6) is 0 Å². The van der Waals surface area contributed by atoms with Crippen molar-refractivity contribution in [2.75, 3.05) is 0 Å². The Morgan fingerprint density at radius 3 is 2.00 bits per heavy atom. The maximum absolute atomic E-state index is 12.8. The van der Waals surface area contributed by atoms with Crippen molar-refractivity contribution >= 4 is 11.9 Å². The number of carboxylic acid groups (broad SMARTS) is 1. The second-order valence-corrected chi connectivity index (χ2v) is 4.77. The van der Waals surface area contributed by atoms with Gasteiger partial charge in [-0.3, -0.25) is 4.84 Å². The van der Waals surface area contributed by atoms with E-state index in [1.807, 2.05) is 0 Å². The third-order valence-corrected chi connectivity index (χ3v) is 3.23. The molecule has 0 aliphatic carbocycles. The number of esters is 1. The number of hydrogen-bond acceptors (Lipinski definition) is 5. The summed E-state index contributed by atoms with van der Waals surface area (Å²) in [5.41, 5.74) is -8.01. The topological polar surface area (TPSA) is 98.9 Å². The molecule has 134 valence electrons. The molecule has 0 saturated heterocycles. The average molecular weight is 357 g/mol. The number of ether oxygens (including phenoxy) is 1. The molecular weight excluding hydrogens is 345 g/mol. The monoisotopic (exact) mass is 357 g/mol. The van der Waals surface area contributed by atoms with Gasteiger partial charge in [-0.2, -0.15) is 13.2 Å². The zero-order chi connectivity index (χ0) is 18.8. The molecule has 11 heteroatoms. The molecule has 3 N–H and O–H groups in total. The number of hydrogen-bond donors (Lipinski definition) is 2. The molecule has 24 heavy (non-hydrogen) atoms. The summed E-state index contributed by atoms with van der Waals surface area (Å²) in [5.74, 6) is 0.410. The maximum atomic E-state index is 12.8. The summed E-state index contributed by atoms with van der Waals surface area (Å²) in [4.78, 5) is 27.6. The first kappa shape index (κ1) is 19.8. The van der Waals surface area contributed by atoms with E-state index in [0.717, 1.165) is 12.1 Å². The molecule has 6 nitrogen and oxygen atoms in total. The van der Waals surface area contributed by atoms with E-state index in [1.54, 1.807) is 0 Å². The van der Waals surface area contributed by atoms with Crippen LogP contribution in [0.3, 0.4) is 0 Å². The number of rotatable bonds is 6. The molecule has 0 aliphatic rings. The minimum Gasteiger partial charge on any atom is -0.478 e. The first-order valence-electron chi connectivity index (χ1n) is 6.18. The molecule has 0 aliphatic heterocycles. The number of nitrogens with two attached hydrogens (primary N) is 1. The lowest BCUT2D eigenvalue weighted by molar-refractivity contribution is -0.303. The average Bonchev–Trinajstić information content (AvgIpc) is 2.47. The van der Waals surface area contributed by atoms with E-state index in [1.165, 1.54) is 18.2 Å². The van der Waals surface area contributed by atoms with Crippen LogP contribution in [-0.2, 0) is 24.8 Å². The molecule has 0 heterocycles. The smallest absolute Gasteiger partial charge is 0.433 e. The SMILES string of the molecule is CC(OC(=O)C(ON)(C(=O)O)c1ccccc1)(C(F)F)C(F)(F)F. The molecule has 0 aromatic heterocycles.